The molecule has 1 aliphatic heterocycles. The molecule has 1 aromatic rings. The SMILES string of the molecule is COCCNS(=O)(=O)CCNC(=O)c1ccc2c(c1)OCO2. The van der Waals surface area contributed by atoms with Gasteiger partial charge in [-0.05, 0) is 18.2 Å². The molecular weight excluding hydrogens is 312 g/mol. The summed E-state index contributed by atoms with van der Waals surface area (Å²) in [6.45, 7) is 0.638. The Kier molecular flexibility index (Phi) is 5.58. The van der Waals surface area contributed by atoms with Gasteiger partial charge >= 0.3 is 0 Å². The highest BCUT2D eigenvalue weighted by molar-refractivity contribution is 7.89. The second-order valence-corrected chi connectivity index (χ2v) is 6.46. The van der Waals surface area contributed by atoms with Gasteiger partial charge in [0, 0.05) is 25.8 Å². The Morgan fingerprint density at radius 3 is 2.82 bits per heavy atom. The zero-order valence-electron chi connectivity index (χ0n) is 12.1. The molecule has 1 heterocycles. The van der Waals surface area contributed by atoms with Crippen molar-refractivity contribution in [2.24, 2.45) is 0 Å². The summed E-state index contributed by atoms with van der Waals surface area (Å²) in [6.07, 6.45) is 0. The van der Waals surface area contributed by atoms with Gasteiger partial charge in [-0.25, -0.2) is 13.1 Å². The second-order valence-electron chi connectivity index (χ2n) is 4.53. The molecule has 0 aliphatic carbocycles. The van der Waals surface area contributed by atoms with E-state index in [0.717, 1.165) is 0 Å². The highest BCUT2D eigenvalue weighted by Crippen LogP contribution is 2.32. The summed E-state index contributed by atoms with van der Waals surface area (Å²) in [5.41, 5.74) is 0.383. The smallest absolute Gasteiger partial charge is 0.251 e. The molecule has 1 amide bonds. The molecule has 0 atom stereocenters. The van der Waals surface area contributed by atoms with Gasteiger partial charge in [-0.15, -0.1) is 0 Å². The molecule has 1 aromatic carbocycles. The number of methoxy groups -OCH3 is 1. The Morgan fingerprint density at radius 1 is 1.27 bits per heavy atom. The van der Waals surface area contributed by atoms with Crippen molar-refractivity contribution in [1.29, 1.82) is 0 Å². The van der Waals surface area contributed by atoms with Crippen LogP contribution in [0.15, 0.2) is 18.2 Å². The van der Waals surface area contributed by atoms with Crippen LogP contribution in [0, 0.1) is 0 Å². The normalized spacial score (nSPS) is 13.1. The third kappa shape index (κ3) is 4.58. The highest BCUT2D eigenvalue weighted by atomic mass is 32.2. The van der Waals surface area contributed by atoms with Crippen LogP contribution in [0.1, 0.15) is 10.4 Å². The van der Waals surface area contributed by atoms with Crippen molar-refractivity contribution >= 4 is 15.9 Å². The number of nitrogens with one attached hydrogen (secondary N) is 2. The number of fused-ring (bicyclic) bond motifs is 1. The molecular formula is C13H18N2O6S. The molecule has 2 rings (SSSR count). The van der Waals surface area contributed by atoms with Gasteiger partial charge < -0.3 is 19.5 Å². The third-order valence-corrected chi connectivity index (χ3v) is 4.30. The molecule has 8 nitrogen and oxygen atoms in total. The molecule has 0 fully saturated rings. The van der Waals surface area contributed by atoms with E-state index in [0.29, 0.717) is 23.7 Å². The lowest BCUT2D eigenvalue weighted by atomic mass is 10.2. The van der Waals surface area contributed by atoms with Gasteiger partial charge in [0.05, 0.1) is 12.4 Å². The summed E-state index contributed by atoms with van der Waals surface area (Å²) in [6, 6.07) is 4.79. The Balaban J connectivity index is 1.80. The maximum atomic E-state index is 11.9. The summed E-state index contributed by atoms with van der Waals surface area (Å²) in [5.74, 6) is 0.515. The molecule has 122 valence electrons. The van der Waals surface area contributed by atoms with Gasteiger partial charge in [0.15, 0.2) is 11.5 Å². The van der Waals surface area contributed by atoms with E-state index in [-0.39, 0.29) is 31.5 Å². The van der Waals surface area contributed by atoms with Gasteiger partial charge in [-0.3, -0.25) is 4.79 Å². The summed E-state index contributed by atoms with van der Waals surface area (Å²) in [5, 5.41) is 2.55. The Bertz CT molecular complexity index is 631. The molecule has 9 heteroatoms. The molecule has 0 saturated carbocycles. The van der Waals surface area contributed by atoms with Crippen molar-refractivity contribution < 1.29 is 27.4 Å². The number of sulfonamides is 1. The van der Waals surface area contributed by atoms with Crippen LogP contribution >= 0.6 is 0 Å². The quantitative estimate of drug-likeness (QED) is 0.635. The zero-order valence-corrected chi connectivity index (χ0v) is 12.9. The minimum Gasteiger partial charge on any atom is -0.454 e. The number of amides is 1. The lowest BCUT2D eigenvalue weighted by Gasteiger charge is -2.08. The van der Waals surface area contributed by atoms with Crippen molar-refractivity contribution in [3.63, 3.8) is 0 Å². The first-order valence-corrected chi connectivity index (χ1v) is 8.31. The van der Waals surface area contributed by atoms with E-state index < -0.39 is 10.0 Å². The maximum Gasteiger partial charge on any atom is 0.251 e. The standard InChI is InChI=1S/C13H18N2O6S/c1-19-6-4-15-22(17,18)7-5-14-13(16)10-2-3-11-12(8-10)21-9-20-11/h2-3,8,15H,4-7,9H2,1H3,(H,14,16). The van der Waals surface area contributed by atoms with Crippen LogP contribution in [-0.2, 0) is 14.8 Å². The maximum absolute atomic E-state index is 11.9. The van der Waals surface area contributed by atoms with E-state index in [2.05, 4.69) is 10.0 Å². The molecule has 0 bridgehead atoms. The molecule has 0 aromatic heterocycles. The zero-order chi connectivity index (χ0) is 16.0. The predicted molar refractivity (Wildman–Crippen MR) is 78.6 cm³/mol. The van der Waals surface area contributed by atoms with E-state index in [4.69, 9.17) is 14.2 Å². The molecule has 1 aliphatic rings. The van der Waals surface area contributed by atoms with Crippen LogP contribution in [0.2, 0.25) is 0 Å². The average molecular weight is 330 g/mol. The third-order valence-electron chi connectivity index (χ3n) is 2.92. The number of carbonyl (C=O) groups excluding carboxylic acids is 1. The minimum atomic E-state index is -3.43. The Labute approximate surface area is 128 Å². The monoisotopic (exact) mass is 330 g/mol. The van der Waals surface area contributed by atoms with E-state index in [1.54, 1.807) is 18.2 Å². The van der Waals surface area contributed by atoms with Crippen LogP contribution in [0.3, 0.4) is 0 Å². The van der Waals surface area contributed by atoms with Crippen molar-refractivity contribution in [1.82, 2.24) is 10.0 Å². The first kappa shape index (κ1) is 16.5. The number of rotatable bonds is 8. The topological polar surface area (TPSA) is 103 Å². The van der Waals surface area contributed by atoms with Gasteiger partial charge in [0.1, 0.15) is 0 Å². The fourth-order valence-electron chi connectivity index (χ4n) is 1.81. The van der Waals surface area contributed by atoms with Gasteiger partial charge in [0.2, 0.25) is 16.8 Å². The average Bonchev–Trinajstić information content (AvgIpc) is 2.94. The molecule has 0 unspecified atom stereocenters. The van der Waals surface area contributed by atoms with Crippen LogP contribution in [0.25, 0.3) is 0 Å². The molecule has 22 heavy (non-hydrogen) atoms. The first-order valence-electron chi connectivity index (χ1n) is 6.66. The van der Waals surface area contributed by atoms with Crippen molar-refractivity contribution in [2.75, 3.05) is 39.4 Å². The largest absolute Gasteiger partial charge is 0.454 e. The minimum absolute atomic E-state index is 0.00951. The van der Waals surface area contributed by atoms with Crippen molar-refractivity contribution in [3.8, 4) is 11.5 Å². The van der Waals surface area contributed by atoms with Crippen LogP contribution < -0.4 is 19.5 Å². The van der Waals surface area contributed by atoms with E-state index in [9.17, 15) is 13.2 Å². The lowest BCUT2D eigenvalue weighted by molar-refractivity contribution is 0.0955. The second kappa shape index (κ2) is 7.43. The Morgan fingerprint density at radius 2 is 2.05 bits per heavy atom. The van der Waals surface area contributed by atoms with E-state index >= 15 is 0 Å². The van der Waals surface area contributed by atoms with Gasteiger partial charge in [-0.2, -0.15) is 0 Å². The predicted octanol–water partition coefficient (Wildman–Crippen LogP) is -0.289. The Hall–Kier alpha value is -1.84. The molecule has 2 N–H and O–H groups in total. The number of ether oxygens (including phenoxy) is 3. The first-order chi connectivity index (χ1) is 10.5. The molecule has 0 radical (unpaired) electrons. The number of hydrogen-bond donors (Lipinski definition) is 2. The highest BCUT2D eigenvalue weighted by Gasteiger charge is 2.16. The summed E-state index contributed by atoms with van der Waals surface area (Å²) in [4.78, 5) is 11.9. The number of hydrogen-bond acceptors (Lipinski definition) is 6. The van der Waals surface area contributed by atoms with E-state index in [1.165, 1.54) is 7.11 Å². The van der Waals surface area contributed by atoms with E-state index in [1.807, 2.05) is 0 Å². The summed E-state index contributed by atoms with van der Waals surface area (Å²) >= 11 is 0. The summed E-state index contributed by atoms with van der Waals surface area (Å²) < 4.78 is 40.7. The van der Waals surface area contributed by atoms with Crippen LogP contribution in [0.5, 0.6) is 11.5 Å². The van der Waals surface area contributed by atoms with Crippen LogP contribution in [0.4, 0.5) is 0 Å². The fraction of sp³-hybridized carbons (Fsp3) is 0.462. The van der Waals surface area contributed by atoms with Gasteiger partial charge in [0.25, 0.3) is 5.91 Å². The van der Waals surface area contributed by atoms with Gasteiger partial charge in [-0.1, -0.05) is 0 Å². The van der Waals surface area contributed by atoms with Crippen LogP contribution in [-0.4, -0.2) is 53.7 Å². The molecule has 0 saturated heterocycles. The van der Waals surface area contributed by atoms with Crippen molar-refractivity contribution in [3.05, 3.63) is 23.8 Å². The lowest BCUT2D eigenvalue weighted by Crippen LogP contribution is -2.35. The fourth-order valence-corrected chi connectivity index (χ4v) is 2.72. The number of benzene rings is 1. The number of carbonyl (C=O) groups is 1. The molecule has 0 spiro atoms. The van der Waals surface area contributed by atoms with Crippen molar-refractivity contribution in [2.45, 2.75) is 0 Å². The summed E-state index contributed by atoms with van der Waals surface area (Å²) in [7, 11) is -1.94.